The Morgan fingerprint density at radius 2 is 1.05 bits per heavy atom. The summed E-state index contributed by atoms with van der Waals surface area (Å²) in [6.45, 7) is 3.37. The second-order valence-electron chi connectivity index (χ2n) is 9.07. The molecule has 10 nitrogen and oxygen atoms in total. The molecule has 4 amide bonds. The van der Waals surface area contributed by atoms with Gasteiger partial charge in [-0.3, -0.25) is 40.9 Å². The monoisotopic (exact) mass is 652 g/mol. The zero-order chi connectivity index (χ0) is 27.7. The molecule has 204 valence electrons. The maximum atomic E-state index is 12.4. The Kier molecular flexibility index (Phi) is 11.0. The lowest BCUT2D eigenvalue weighted by molar-refractivity contribution is -0.135. The molecule has 4 N–H and O–H groups in total. The third-order valence-corrected chi connectivity index (χ3v) is 7.25. The van der Waals surface area contributed by atoms with Crippen LogP contribution in [0.25, 0.3) is 0 Å². The Balaban J connectivity index is 1.31. The molecule has 0 aliphatic heterocycles. The molecule has 1 fully saturated rings. The molecule has 0 unspecified atom stereocenters. The van der Waals surface area contributed by atoms with Crippen molar-refractivity contribution in [2.24, 2.45) is 11.8 Å². The zero-order valence-electron chi connectivity index (χ0n) is 21.1. The van der Waals surface area contributed by atoms with Gasteiger partial charge in [-0.15, -0.1) is 0 Å². The standard InChI is InChI=1S/C26H30Br2N4O6/c1-15-3-9-21(19(27)11-15)37-13-23(33)29-31-25(35)17-5-7-18(8-6-17)26(36)32-30-24(34)14-38-22-10-4-16(2)12-20(22)28/h3-4,9-12,17-18H,5-8,13-14H2,1-2H3,(H,29,33)(H,30,34)(H,31,35)(H,32,36). The van der Waals surface area contributed by atoms with Crippen LogP contribution in [0.4, 0.5) is 0 Å². The van der Waals surface area contributed by atoms with Crippen molar-refractivity contribution in [2.75, 3.05) is 13.2 Å². The van der Waals surface area contributed by atoms with Crippen molar-refractivity contribution in [1.82, 2.24) is 21.7 Å². The number of carbonyl (C=O) groups is 4. The smallest absolute Gasteiger partial charge is 0.276 e. The SMILES string of the molecule is Cc1ccc(OCC(=O)NNC(=O)C2CCC(C(=O)NNC(=O)COc3ccc(C)cc3Br)CC2)c(Br)c1. The number of aryl methyl sites for hydroxylation is 2. The quantitative estimate of drug-likeness (QED) is 0.323. The summed E-state index contributed by atoms with van der Waals surface area (Å²) in [5.74, 6) is -1.23. The molecule has 2 aromatic rings. The van der Waals surface area contributed by atoms with Gasteiger partial charge >= 0.3 is 0 Å². The molecule has 1 saturated carbocycles. The molecule has 1 aliphatic carbocycles. The number of halogens is 2. The average molecular weight is 654 g/mol. The summed E-state index contributed by atoms with van der Waals surface area (Å²) in [4.78, 5) is 49.0. The Hall–Kier alpha value is -3.12. The maximum absolute atomic E-state index is 12.4. The van der Waals surface area contributed by atoms with E-state index in [0.29, 0.717) is 37.2 Å². The highest BCUT2D eigenvalue weighted by Gasteiger charge is 2.30. The van der Waals surface area contributed by atoms with Gasteiger partial charge in [-0.1, -0.05) is 12.1 Å². The van der Waals surface area contributed by atoms with Crippen LogP contribution in [0.5, 0.6) is 11.5 Å². The summed E-state index contributed by atoms with van der Waals surface area (Å²) in [6.07, 6.45) is 1.91. The number of carbonyl (C=O) groups excluding carboxylic acids is 4. The highest BCUT2D eigenvalue weighted by molar-refractivity contribution is 9.10. The molecule has 38 heavy (non-hydrogen) atoms. The fraction of sp³-hybridized carbons (Fsp3) is 0.385. The van der Waals surface area contributed by atoms with Crippen LogP contribution in [-0.4, -0.2) is 36.8 Å². The molecule has 0 heterocycles. The molecule has 3 rings (SSSR count). The molecule has 2 aromatic carbocycles. The fourth-order valence-electron chi connectivity index (χ4n) is 3.89. The number of hydrazine groups is 2. The van der Waals surface area contributed by atoms with Gasteiger partial charge < -0.3 is 9.47 Å². The van der Waals surface area contributed by atoms with Crippen LogP contribution >= 0.6 is 31.9 Å². The van der Waals surface area contributed by atoms with Crippen LogP contribution in [0.15, 0.2) is 45.3 Å². The third-order valence-electron chi connectivity index (χ3n) is 6.01. The first-order valence-electron chi connectivity index (χ1n) is 12.1. The lowest BCUT2D eigenvalue weighted by atomic mass is 9.81. The van der Waals surface area contributed by atoms with E-state index in [2.05, 4.69) is 53.6 Å². The number of rotatable bonds is 8. The van der Waals surface area contributed by atoms with Gasteiger partial charge in [-0.25, -0.2) is 0 Å². The van der Waals surface area contributed by atoms with Gasteiger partial charge in [0.25, 0.3) is 11.8 Å². The maximum Gasteiger partial charge on any atom is 0.276 e. The molecule has 12 heteroatoms. The summed E-state index contributed by atoms with van der Waals surface area (Å²) in [6, 6.07) is 11.0. The van der Waals surface area contributed by atoms with E-state index in [1.165, 1.54) is 0 Å². The molecule has 0 radical (unpaired) electrons. The number of hydrogen-bond donors (Lipinski definition) is 4. The number of amides is 4. The lowest BCUT2D eigenvalue weighted by Gasteiger charge is -2.27. The zero-order valence-corrected chi connectivity index (χ0v) is 24.2. The predicted octanol–water partition coefficient (Wildman–Crippen LogP) is 3.39. The first-order valence-corrected chi connectivity index (χ1v) is 13.7. The van der Waals surface area contributed by atoms with E-state index in [0.717, 1.165) is 20.1 Å². The van der Waals surface area contributed by atoms with Crippen molar-refractivity contribution in [1.29, 1.82) is 0 Å². The van der Waals surface area contributed by atoms with Crippen LogP contribution in [0.3, 0.4) is 0 Å². The minimum Gasteiger partial charge on any atom is -0.483 e. The van der Waals surface area contributed by atoms with Crippen molar-refractivity contribution >= 4 is 55.5 Å². The highest BCUT2D eigenvalue weighted by atomic mass is 79.9. The molecular formula is C26H30Br2N4O6. The first-order chi connectivity index (χ1) is 18.1. The summed E-state index contributed by atoms with van der Waals surface area (Å²) < 4.78 is 12.4. The largest absolute Gasteiger partial charge is 0.483 e. The van der Waals surface area contributed by atoms with E-state index in [1.54, 1.807) is 12.1 Å². The van der Waals surface area contributed by atoms with Crippen LogP contribution in [-0.2, 0) is 19.2 Å². The van der Waals surface area contributed by atoms with Crippen molar-refractivity contribution < 1.29 is 28.7 Å². The average Bonchev–Trinajstić information content (AvgIpc) is 2.89. The number of hydrogen-bond acceptors (Lipinski definition) is 6. The minimum absolute atomic E-state index is 0.256. The predicted molar refractivity (Wildman–Crippen MR) is 147 cm³/mol. The highest BCUT2D eigenvalue weighted by Crippen LogP contribution is 2.29. The molecule has 0 bridgehead atoms. The van der Waals surface area contributed by atoms with Gasteiger partial charge in [-0.05, 0) is 107 Å². The number of ether oxygens (including phenoxy) is 2. The van der Waals surface area contributed by atoms with Crippen molar-refractivity contribution in [3.63, 3.8) is 0 Å². The Morgan fingerprint density at radius 1 is 0.684 bits per heavy atom. The first kappa shape index (κ1) is 29.4. The van der Waals surface area contributed by atoms with Crippen LogP contribution in [0.2, 0.25) is 0 Å². The van der Waals surface area contributed by atoms with E-state index >= 15 is 0 Å². The molecule has 0 saturated heterocycles. The summed E-state index contributed by atoms with van der Waals surface area (Å²) in [5.41, 5.74) is 11.7. The van der Waals surface area contributed by atoms with Crippen LogP contribution < -0.4 is 31.2 Å². The van der Waals surface area contributed by atoms with Crippen molar-refractivity contribution in [3.05, 3.63) is 56.5 Å². The van der Waals surface area contributed by atoms with E-state index in [4.69, 9.17) is 9.47 Å². The summed E-state index contributed by atoms with van der Waals surface area (Å²) >= 11 is 6.76. The Labute approximate surface area is 237 Å². The van der Waals surface area contributed by atoms with E-state index in [9.17, 15) is 19.2 Å². The Morgan fingerprint density at radius 3 is 1.39 bits per heavy atom. The van der Waals surface area contributed by atoms with E-state index < -0.39 is 11.8 Å². The normalized spacial score (nSPS) is 16.6. The molecule has 1 aliphatic rings. The van der Waals surface area contributed by atoms with E-state index in [1.807, 2.05) is 38.1 Å². The summed E-state index contributed by atoms with van der Waals surface area (Å²) in [7, 11) is 0. The molecule has 0 aromatic heterocycles. The number of nitrogens with one attached hydrogen (secondary N) is 4. The van der Waals surface area contributed by atoms with Gasteiger partial charge in [0.1, 0.15) is 11.5 Å². The van der Waals surface area contributed by atoms with Crippen molar-refractivity contribution in [3.8, 4) is 11.5 Å². The second kappa shape index (κ2) is 14.1. The molecule has 0 spiro atoms. The van der Waals surface area contributed by atoms with Gasteiger partial charge in [0.05, 0.1) is 8.95 Å². The second-order valence-corrected chi connectivity index (χ2v) is 10.8. The fourth-order valence-corrected chi connectivity index (χ4v) is 5.10. The van der Waals surface area contributed by atoms with Gasteiger partial charge in [0.2, 0.25) is 11.8 Å². The third kappa shape index (κ3) is 9.02. The van der Waals surface area contributed by atoms with Crippen LogP contribution in [0.1, 0.15) is 36.8 Å². The summed E-state index contributed by atoms with van der Waals surface area (Å²) in [5, 5.41) is 0. The van der Waals surface area contributed by atoms with Crippen molar-refractivity contribution in [2.45, 2.75) is 39.5 Å². The topological polar surface area (TPSA) is 135 Å². The molecular weight excluding hydrogens is 624 g/mol. The van der Waals surface area contributed by atoms with Gasteiger partial charge in [-0.2, -0.15) is 0 Å². The minimum atomic E-state index is -0.492. The van der Waals surface area contributed by atoms with Crippen LogP contribution in [0, 0.1) is 25.7 Å². The van der Waals surface area contributed by atoms with E-state index in [-0.39, 0.29) is 36.9 Å². The Bertz CT molecular complexity index is 1090. The number of benzene rings is 2. The molecule has 0 atom stereocenters. The van der Waals surface area contributed by atoms with Gasteiger partial charge in [0.15, 0.2) is 13.2 Å². The lowest BCUT2D eigenvalue weighted by Crippen LogP contribution is -2.48. The van der Waals surface area contributed by atoms with Gasteiger partial charge in [0, 0.05) is 11.8 Å².